The molecule has 1 aromatic rings. The van der Waals surface area contributed by atoms with Crippen LogP contribution in [0.1, 0.15) is 58.0 Å². The van der Waals surface area contributed by atoms with Crippen molar-refractivity contribution in [2.24, 2.45) is 5.92 Å². The molecule has 18 heavy (non-hydrogen) atoms. The van der Waals surface area contributed by atoms with Crippen molar-refractivity contribution in [1.82, 2.24) is 14.9 Å². The van der Waals surface area contributed by atoms with Gasteiger partial charge in [0.15, 0.2) is 0 Å². The molecule has 0 radical (unpaired) electrons. The molecule has 1 atom stereocenters. The first-order valence-electron chi connectivity index (χ1n) is 7.44. The van der Waals surface area contributed by atoms with Crippen molar-refractivity contribution in [1.29, 1.82) is 0 Å². The van der Waals surface area contributed by atoms with E-state index >= 15 is 0 Å². The fourth-order valence-corrected chi connectivity index (χ4v) is 2.33. The number of aryl methyl sites for hydroxylation is 1. The molecule has 1 N–H and O–H groups in total. The molecule has 104 valence electrons. The predicted molar refractivity (Wildman–Crippen MR) is 77.7 cm³/mol. The van der Waals surface area contributed by atoms with E-state index < -0.39 is 0 Å². The van der Waals surface area contributed by atoms with E-state index in [4.69, 9.17) is 0 Å². The predicted octanol–water partition coefficient (Wildman–Crippen LogP) is 3.52. The van der Waals surface area contributed by atoms with E-state index in [2.05, 4.69) is 42.6 Å². The van der Waals surface area contributed by atoms with Crippen molar-refractivity contribution >= 4 is 0 Å². The molecule has 0 aromatic carbocycles. The third-order valence-corrected chi connectivity index (χ3v) is 3.68. The second-order valence-corrected chi connectivity index (χ2v) is 5.10. The van der Waals surface area contributed by atoms with Gasteiger partial charge in [0.05, 0.1) is 5.69 Å². The molecule has 0 saturated carbocycles. The summed E-state index contributed by atoms with van der Waals surface area (Å²) in [4.78, 5) is 4.46. The van der Waals surface area contributed by atoms with E-state index in [1.807, 2.05) is 6.20 Å². The Kier molecular flexibility index (Phi) is 7.02. The third kappa shape index (κ3) is 4.45. The lowest BCUT2D eigenvalue weighted by Crippen LogP contribution is -2.19. The van der Waals surface area contributed by atoms with Gasteiger partial charge in [-0.25, -0.2) is 4.98 Å². The maximum Gasteiger partial charge on any atom is 0.105 e. The Balaban J connectivity index is 2.65. The molecule has 0 aliphatic carbocycles. The summed E-state index contributed by atoms with van der Waals surface area (Å²) in [7, 11) is 0. The molecule has 0 saturated heterocycles. The van der Waals surface area contributed by atoms with Gasteiger partial charge < -0.3 is 9.88 Å². The molecule has 0 bridgehead atoms. The first-order chi connectivity index (χ1) is 8.72. The molecule has 0 aliphatic rings. The second-order valence-electron chi connectivity index (χ2n) is 5.10. The van der Waals surface area contributed by atoms with Gasteiger partial charge in [-0.1, -0.05) is 40.0 Å². The van der Waals surface area contributed by atoms with E-state index in [0.717, 1.165) is 31.4 Å². The van der Waals surface area contributed by atoms with Gasteiger partial charge in [0.2, 0.25) is 0 Å². The molecule has 3 heteroatoms. The van der Waals surface area contributed by atoms with Crippen LogP contribution in [0, 0.1) is 12.8 Å². The summed E-state index contributed by atoms with van der Waals surface area (Å²) in [5.74, 6) is 1.94. The minimum absolute atomic E-state index is 0.790. The highest BCUT2D eigenvalue weighted by molar-refractivity contribution is 5.04. The van der Waals surface area contributed by atoms with Gasteiger partial charge in [-0.3, -0.25) is 0 Å². The molecule has 0 fully saturated rings. The zero-order valence-electron chi connectivity index (χ0n) is 12.5. The molecule has 0 spiro atoms. The van der Waals surface area contributed by atoms with Gasteiger partial charge >= 0.3 is 0 Å². The Morgan fingerprint density at radius 1 is 1.33 bits per heavy atom. The Morgan fingerprint density at radius 2 is 2.11 bits per heavy atom. The van der Waals surface area contributed by atoms with Crippen LogP contribution in [0.25, 0.3) is 0 Å². The SMILES string of the molecule is CCCCC(CC)Cn1c(CNCC)cnc1C. The molecule has 1 unspecified atom stereocenters. The van der Waals surface area contributed by atoms with Crippen LogP contribution in [0.5, 0.6) is 0 Å². The summed E-state index contributed by atoms with van der Waals surface area (Å²) in [5.41, 5.74) is 1.32. The maximum absolute atomic E-state index is 4.46. The van der Waals surface area contributed by atoms with Crippen molar-refractivity contribution in [3.05, 3.63) is 17.7 Å². The number of nitrogens with one attached hydrogen (secondary N) is 1. The zero-order chi connectivity index (χ0) is 13.4. The summed E-state index contributed by atoms with van der Waals surface area (Å²) >= 11 is 0. The van der Waals surface area contributed by atoms with Crippen molar-refractivity contribution in [3.63, 3.8) is 0 Å². The molecular formula is C15H29N3. The number of imidazole rings is 1. The Labute approximate surface area is 112 Å². The summed E-state index contributed by atoms with van der Waals surface area (Å²) in [6, 6.07) is 0. The Morgan fingerprint density at radius 3 is 2.72 bits per heavy atom. The number of nitrogens with zero attached hydrogens (tertiary/aromatic N) is 2. The number of hydrogen-bond donors (Lipinski definition) is 1. The topological polar surface area (TPSA) is 29.9 Å². The lowest BCUT2D eigenvalue weighted by atomic mass is 9.99. The van der Waals surface area contributed by atoms with Gasteiger partial charge in [-0.2, -0.15) is 0 Å². The van der Waals surface area contributed by atoms with Crippen molar-refractivity contribution in [3.8, 4) is 0 Å². The number of rotatable bonds is 9. The lowest BCUT2D eigenvalue weighted by molar-refractivity contribution is 0.380. The van der Waals surface area contributed by atoms with Crippen LogP contribution < -0.4 is 5.32 Å². The van der Waals surface area contributed by atoms with Crippen LogP contribution in [0.15, 0.2) is 6.20 Å². The molecular weight excluding hydrogens is 222 g/mol. The van der Waals surface area contributed by atoms with Crippen molar-refractivity contribution in [2.45, 2.75) is 66.5 Å². The van der Waals surface area contributed by atoms with E-state index in [-0.39, 0.29) is 0 Å². The van der Waals surface area contributed by atoms with Crippen molar-refractivity contribution < 1.29 is 0 Å². The fraction of sp³-hybridized carbons (Fsp3) is 0.800. The normalized spacial score (nSPS) is 12.9. The van der Waals surface area contributed by atoms with Crippen LogP contribution in [-0.2, 0) is 13.1 Å². The summed E-state index contributed by atoms with van der Waals surface area (Å²) in [5, 5.41) is 3.39. The quantitative estimate of drug-likeness (QED) is 0.728. The average Bonchev–Trinajstić information content (AvgIpc) is 2.73. The fourth-order valence-electron chi connectivity index (χ4n) is 2.33. The van der Waals surface area contributed by atoms with Crippen molar-refractivity contribution in [2.75, 3.05) is 6.54 Å². The molecule has 3 nitrogen and oxygen atoms in total. The average molecular weight is 251 g/mol. The standard InChI is InChI=1S/C15H29N3/c1-5-8-9-14(6-2)12-18-13(4)17-11-15(18)10-16-7-3/h11,14,16H,5-10,12H2,1-4H3. The highest BCUT2D eigenvalue weighted by Gasteiger charge is 2.12. The molecule has 0 amide bonds. The molecule has 1 heterocycles. The van der Waals surface area contributed by atoms with Crippen LogP contribution in [-0.4, -0.2) is 16.1 Å². The van der Waals surface area contributed by atoms with Gasteiger partial charge in [-0.15, -0.1) is 0 Å². The lowest BCUT2D eigenvalue weighted by Gasteiger charge is -2.18. The highest BCUT2D eigenvalue weighted by Crippen LogP contribution is 2.17. The van der Waals surface area contributed by atoms with E-state index in [1.54, 1.807) is 0 Å². The smallest absolute Gasteiger partial charge is 0.105 e. The highest BCUT2D eigenvalue weighted by atomic mass is 15.1. The molecule has 0 aliphatic heterocycles. The number of unbranched alkanes of at least 4 members (excludes halogenated alkanes) is 1. The van der Waals surface area contributed by atoms with Crippen LogP contribution >= 0.6 is 0 Å². The number of hydrogen-bond acceptors (Lipinski definition) is 2. The third-order valence-electron chi connectivity index (χ3n) is 3.68. The summed E-state index contributed by atoms with van der Waals surface area (Å²) < 4.78 is 2.40. The summed E-state index contributed by atoms with van der Waals surface area (Å²) in [6.45, 7) is 11.9. The second kappa shape index (κ2) is 8.30. The largest absolute Gasteiger partial charge is 0.331 e. The van der Waals surface area contributed by atoms with Crippen LogP contribution in [0.2, 0.25) is 0 Å². The van der Waals surface area contributed by atoms with E-state index in [1.165, 1.54) is 31.4 Å². The first-order valence-corrected chi connectivity index (χ1v) is 7.44. The minimum atomic E-state index is 0.790. The van der Waals surface area contributed by atoms with Gasteiger partial charge in [0.25, 0.3) is 0 Å². The Hall–Kier alpha value is -0.830. The Bertz CT molecular complexity index is 330. The first kappa shape index (κ1) is 15.2. The van der Waals surface area contributed by atoms with Gasteiger partial charge in [-0.05, 0) is 25.8 Å². The number of aromatic nitrogens is 2. The van der Waals surface area contributed by atoms with Gasteiger partial charge in [0, 0.05) is 19.3 Å². The minimum Gasteiger partial charge on any atom is -0.331 e. The van der Waals surface area contributed by atoms with E-state index in [0.29, 0.717) is 0 Å². The maximum atomic E-state index is 4.46. The molecule has 1 aromatic heterocycles. The monoisotopic (exact) mass is 251 g/mol. The molecule has 1 rings (SSSR count). The van der Waals surface area contributed by atoms with Gasteiger partial charge in [0.1, 0.15) is 5.82 Å². The zero-order valence-corrected chi connectivity index (χ0v) is 12.5. The van der Waals surface area contributed by atoms with Crippen LogP contribution in [0.3, 0.4) is 0 Å². The summed E-state index contributed by atoms with van der Waals surface area (Å²) in [6.07, 6.45) is 7.26. The van der Waals surface area contributed by atoms with E-state index in [9.17, 15) is 0 Å². The van der Waals surface area contributed by atoms with Crippen LogP contribution in [0.4, 0.5) is 0 Å².